The van der Waals surface area contributed by atoms with Gasteiger partial charge in [0.1, 0.15) is 11.4 Å². The van der Waals surface area contributed by atoms with Crippen LogP contribution in [0.3, 0.4) is 0 Å². The van der Waals surface area contributed by atoms with Gasteiger partial charge in [0.05, 0.1) is 24.2 Å². The number of hydrogen-bond donors (Lipinski definition) is 1. The Morgan fingerprint density at radius 2 is 2.04 bits per heavy atom. The van der Waals surface area contributed by atoms with E-state index in [2.05, 4.69) is 15.4 Å². The first-order valence-corrected chi connectivity index (χ1v) is 8.60. The number of carbonyl (C=O) groups is 1. The fourth-order valence-corrected chi connectivity index (χ4v) is 2.81. The molecule has 6 heteroatoms. The molecule has 4 rings (SSSR count). The summed E-state index contributed by atoms with van der Waals surface area (Å²) in [5, 5.41) is 7.49. The third-order valence-corrected chi connectivity index (χ3v) is 4.12. The number of benzene rings is 1. The molecule has 0 bridgehead atoms. The molecule has 1 amide bonds. The zero-order chi connectivity index (χ0) is 18.6. The quantitative estimate of drug-likeness (QED) is 0.589. The van der Waals surface area contributed by atoms with Crippen LogP contribution in [0.1, 0.15) is 21.7 Å². The summed E-state index contributed by atoms with van der Waals surface area (Å²) < 4.78 is 7.08. The van der Waals surface area contributed by atoms with Crippen molar-refractivity contribution in [2.45, 2.75) is 13.5 Å². The molecule has 1 N–H and O–H groups in total. The second kappa shape index (κ2) is 7.29. The van der Waals surface area contributed by atoms with Gasteiger partial charge in [-0.25, -0.2) is 4.68 Å². The molecule has 0 atom stereocenters. The third-order valence-electron chi connectivity index (χ3n) is 4.12. The number of amides is 1. The van der Waals surface area contributed by atoms with Gasteiger partial charge in [-0.05, 0) is 48.9 Å². The summed E-state index contributed by atoms with van der Waals surface area (Å²) in [7, 11) is 0. The van der Waals surface area contributed by atoms with Crippen LogP contribution >= 0.6 is 0 Å². The highest BCUT2D eigenvalue weighted by Crippen LogP contribution is 2.22. The minimum atomic E-state index is -0.229. The molecular weight excluding hydrogens is 340 g/mol. The van der Waals surface area contributed by atoms with Crippen LogP contribution in [0, 0.1) is 6.92 Å². The fourth-order valence-electron chi connectivity index (χ4n) is 2.81. The molecule has 4 aromatic rings. The average Bonchev–Trinajstić information content (AvgIpc) is 3.36. The number of furan rings is 1. The van der Waals surface area contributed by atoms with Crippen LogP contribution in [0.2, 0.25) is 0 Å². The van der Waals surface area contributed by atoms with E-state index in [1.54, 1.807) is 29.3 Å². The lowest BCUT2D eigenvalue weighted by Gasteiger charge is -2.09. The lowest BCUT2D eigenvalue weighted by atomic mass is 10.2. The normalized spacial score (nSPS) is 10.7. The monoisotopic (exact) mass is 358 g/mol. The van der Waals surface area contributed by atoms with Gasteiger partial charge in [0.15, 0.2) is 5.76 Å². The molecular formula is C21H18N4O2. The average molecular weight is 358 g/mol. The highest BCUT2D eigenvalue weighted by atomic mass is 16.3. The Morgan fingerprint density at radius 3 is 2.78 bits per heavy atom. The van der Waals surface area contributed by atoms with Gasteiger partial charge in [0, 0.05) is 12.3 Å². The topological polar surface area (TPSA) is 73.0 Å². The molecule has 0 aliphatic rings. The molecule has 0 saturated heterocycles. The number of hydrogen-bond acceptors (Lipinski definition) is 4. The molecule has 6 nitrogen and oxygen atoms in total. The summed E-state index contributed by atoms with van der Waals surface area (Å²) >= 11 is 0. The fraction of sp³-hybridized carbons (Fsp3) is 0.0952. The van der Waals surface area contributed by atoms with Crippen molar-refractivity contribution in [2.75, 3.05) is 0 Å². The molecule has 1 aromatic carbocycles. The van der Waals surface area contributed by atoms with Crippen LogP contribution in [0.15, 0.2) is 77.5 Å². The van der Waals surface area contributed by atoms with Crippen molar-refractivity contribution in [3.05, 3.63) is 90.1 Å². The molecule has 0 spiro atoms. The van der Waals surface area contributed by atoms with E-state index in [9.17, 15) is 4.79 Å². The standard InChI is InChI=1S/C21H18N4O2/c1-15-6-4-8-17(12-15)25-19(13-18(24-25)20-9-5-11-27-20)21(26)23-14-16-7-2-3-10-22-16/h2-13H,14H2,1H3,(H,23,26). The van der Waals surface area contributed by atoms with Gasteiger partial charge in [0.2, 0.25) is 0 Å². The molecule has 3 aromatic heterocycles. The lowest BCUT2D eigenvalue weighted by molar-refractivity contribution is 0.0942. The van der Waals surface area contributed by atoms with E-state index >= 15 is 0 Å². The second-order valence-electron chi connectivity index (χ2n) is 6.15. The molecule has 134 valence electrons. The minimum Gasteiger partial charge on any atom is -0.463 e. The van der Waals surface area contributed by atoms with E-state index in [1.165, 1.54) is 0 Å². The molecule has 0 unspecified atom stereocenters. The number of pyridine rings is 1. The lowest BCUT2D eigenvalue weighted by Crippen LogP contribution is -2.25. The van der Waals surface area contributed by atoms with Gasteiger partial charge in [-0.2, -0.15) is 5.10 Å². The zero-order valence-corrected chi connectivity index (χ0v) is 14.8. The van der Waals surface area contributed by atoms with E-state index in [0.717, 1.165) is 16.9 Å². The molecule has 0 aliphatic heterocycles. The second-order valence-corrected chi connectivity index (χ2v) is 6.15. The maximum Gasteiger partial charge on any atom is 0.270 e. The number of aryl methyl sites for hydroxylation is 1. The molecule has 27 heavy (non-hydrogen) atoms. The number of nitrogens with one attached hydrogen (secondary N) is 1. The predicted molar refractivity (Wildman–Crippen MR) is 101 cm³/mol. The van der Waals surface area contributed by atoms with Crippen LogP contribution in [-0.2, 0) is 6.54 Å². The van der Waals surface area contributed by atoms with Crippen molar-refractivity contribution in [1.29, 1.82) is 0 Å². The summed E-state index contributed by atoms with van der Waals surface area (Å²) in [5.74, 6) is 0.382. The number of nitrogens with zero attached hydrogens (tertiary/aromatic N) is 3. The van der Waals surface area contributed by atoms with Crippen molar-refractivity contribution in [3.63, 3.8) is 0 Å². The smallest absolute Gasteiger partial charge is 0.270 e. The largest absolute Gasteiger partial charge is 0.463 e. The van der Waals surface area contributed by atoms with Crippen molar-refractivity contribution in [3.8, 4) is 17.1 Å². The van der Waals surface area contributed by atoms with Crippen molar-refractivity contribution in [2.24, 2.45) is 0 Å². The SMILES string of the molecule is Cc1cccc(-n2nc(-c3ccco3)cc2C(=O)NCc2ccccn2)c1. The Labute approximate surface area is 156 Å². The highest BCUT2D eigenvalue weighted by Gasteiger charge is 2.18. The van der Waals surface area contributed by atoms with Gasteiger partial charge in [-0.3, -0.25) is 9.78 Å². The molecule has 3 heterocycles. The Hall–Kier alpha value is -3.67. The summed E-state index contributed by atoms with van der Waals surface area (Å²) in [6, 6.07) is 18.8. The Kier molecular flexibility index (Phi) is 4.53. The van der Waals surface area contributed by atoms with Crippen LogP contribution in [0.5, 0.6) is 0 Å². The van der Waals surface area contributed by atoms with E-state index in [1.807, 2.05) is 55.5 Å². The summed E-state index contributed by atoms with van der Waals surface area (Å²) in [6.45, 7) is 2.34. The van der Waals surface area contributed by atoms with E-state index < -0.39 is 0 Å². The van der Waals surface area contributed by atoms with Gasteiger partial charge < -0.3 is 9.73 Å². The molecule has 0 fully saturated rings. The number of rotatable bonds is 5. The van der Waals surface area contributed by atoms with Crippen molar-refractivity contribution in [1.82, 2.24) is 20.1 Å². The first kappa shape index (κ1) is 16.8. The minimum absolute atomic E-state index is 0.229. The van der Waals surface area contributed by atoms with Gasteiger partial charge in [-0.15, -0.1) is 0 Å². The zero-order valence-electron chi connectivity index (χ0n) is 14.8. The molecule has 0 aliphatic carbocycles. The Balaban J connectivity index is 1.68. The van der Waals surface area contributed by atoms with E-state index in [4.69, 9.17) is 4.42 Å². The maximum absolute atomic E-state index is 12.8. The Bertz CT molecular complexity index is 1050. The maximum atomic E-state index is 12.8. The van der Waals surface area contributed by atoms with Gasteiger partial charge in [-0.1, -0.05) is 18.2 Å². The summed E-state index contributed by atoms with van der Waals surface area (Å²) in [5.41, 5.74) is 3.73. The van der Waals surface area contributed by atoms with Crippen molar-refractivity contribution >= 4 is 5.91 Å². The molecule has 0 saturated carbocycles. The van der Waals surface area contributed by atoms with Crippen molar-refractivity contribution < 1.29 is 9.21 Å². The van der Waals surface area contributed by atoms with Gasteiger partial charge >= 0.3 is 0 Å². The number of carbonyl (C=O) groups excluding carboxylic acids is 1. The van der Waals surface area contributed by atoms with Crippen LogP contribution < -0.4 is 5.32 Å². The predicted octanol–water partition coefficient (Wildman–Crippen LogP) is 3.77. The van der Waals surface area contributed by atoms with E-state index in [-0.39, 0.29) is 5.91 Å². The summed E-state index contributed by atoms with van der Waals surface area (Å²) in [6.07, 6.45) is 3.29. The number of aromatic nitrogens is 3. The highest BCUT2D eigenvalue weighted by molar-refractivity contribution is 5.94. The van der Waals surface area contributed by atoms with Crippen LogP contribution in [0.4, 0.5) is 0 Å². The Morgan fingerprint density at radius 1 is 1.11 bits per heavy atom. The third kappa shape index (κ3) is 3.64. The van der Waals surface area contributed by atoms with Crippen LogP contribution in [0.25, 0.3) is 17.1 Å². The van der Waals surface area contributed by atoms with Crippen LogP contribution in [-0.4, -0.2) is 20.7 Å². The first-order chi connectivity index (χ1) is 13.2. The van der Waals surface area contributed by atoms with E-state index in [0.29, 0.717) is 23.7 Å². The molecule has 0 radical (unpaired) electrons. The summed E-state index contributed by atoms with van der Waals surface area (Å²) in [4.78, 5) is 17.1. The first-order valence-electron chi connectivity index (χ1n) is 8.60. The van der Waals surface area contributed by atoms with Gasteiger partial charge in [0.25, 0.3) is 5.91 Å².